The lowest BCUT2D eigenvalue weighted by atomic mass is 10.2. The van der Waals surface area contributed by atoms with Crippen LogP contribution in [0.5, 0.6) is 0 Å². The summed E-state index contributed by atoms with van der Waals surface area (Å²) in [5.41, 5.74) is -0.0131. The van der Waals surface area contributed by atoms with E-state index < -0.39 is 29.4 Å². The zero-order valence-corrected chi connectivity index (χ0v) is 16.7. The van der Waals surface area contributed by atoms with Gasteiger partial charge in [-0.05, 0) is 60.7 Å². The number of carbonyl (C=O) groups excluding carboxylic acids is 2. The molecule has 0 unspecified atom stereocenters. The first-order valence-electron chi connectivity index (χ1n) is 8.97. The average Bonchev–Trinajstić information content (AvgIpc) is 2.72. The molecule has 0 aliphatic heterocycles. The molecule has 2 amide bonds. The number of hydrogen-bond acceptors (Lipinski definition) is 3. The highest BCUT2D eigenvalue weighted by Crippen LogP contribution is 2.30. The summed E-state index contributed by atoms with van der Waals surface area (Å²) < 4.78 is 51.3. The lowest BCUT2D eigenvalue weighted by Gasteiger charge is -2.10. The van der Waals surface area contributed by atoms with Gasteiger partial charge in [0, 0.05) is 21.8 Å². The minimum atomic E-state index is -4.49. The molecule has 31 heavy (non-hydrogen) atoms. The van der Waals surface area contributed by atoms with Gasteiger partial charge < -0.3 is 10.6 Å². The lowest BCUT2D eigenvalue weighted by molar-refractivity contribution is -0.137. The molecule has 0 spiro atoms. The Morgan fingerprint density at radius 3 is 2.16 bits per heavy atom. The number of anilines is 2. The molecule has 0 bridgehead atoms. The van der Waals surface area contributed by atoms with E-state index in [0.29, 0.717) is 16.1 Å². The van der Waals surface area contributed by atoms with Gasteiger partial charge in [-0.3, -0.25) is 9.59 Å². The number of nitrogens with one attached hydrogen (secondary N) is 2. The highest BCUT2D eigenvalue weighted by atomic mass is 32.2. The topological polar surface area (TPSA) is 58.2 Å². The van der Waals surface area contributed by atoms with Crippen LogP contribution < -0.4 is 10.6 Å². The second kappa shape index (κ2) is 9.65. The van der Waals surface area contributed by atoms with E-state index in [4.69, 9.17) is 0 Å². The van der Waals surface area contributed by atoms with Crippen LogP contribution in [0.4, 0.5) is 28.9 Å². The van der Waals surface area contributed by atoms with E-state index in [0.717, 1.165) is 23.9 Å². The number of rotatable bonds is 6. The molecule has 160 valence electrons. The molecule has 4 nitrogen and oxygen atoms in total. The van der Waals surface area contributed by atoms with Gasteiger partial charge in [0.2, 0.25) is 5.91 Å². The van der Waals surface area contributed by atoms with Crippen molar-refractivity contribution in [1.29, 1.82) is 0 Å². The molecule has 0 heterocycles. The van der Waals surface area contributed by atoms with Crippen molar-refractivity contribution in [1.82, 2.24) is 0 Å². The number of carbonyl (C=O) groups is 2. The van der Waals surface area contributed by atoms with Gasteiger partial charge in [-0.25, -0.2) is 4.39 Å². The van der Waals surface area contributed by atoms with Crippen LogP contribution in [-0.4, -0.2) is 17.6 Å². The van der Waals surface area contributed by atoms with Crippen molar-refractivity contribution in [3.8, 4) is 0 Å². The van der Waals surface area contributed by atoms with Crippen molar-refractivity contribution in [3.05, 3.63) is 89.7 Å². The van der Waals surface area contributed by atoms with Gasteiger partial charge in [-0.1, -0.05) is 12.1 Å². The Morgan fingerprint density at radius 2 is 1.48 bits per heavy atom. The molecule has 9 heteroatoms. The molecule has 2 N–H and O–H groups in total. The summed E-state index contributed by atoms with van der Waals surface area (Å²) in [6.07, 6.45) is -4.49. The number of benzene rings is 3. The minimum Gasteiger partial charge on any atom is -0.325 e. The van der Waals surface area contributed by atoms with Gasteiger partial charge >= 0.3 is 6.18 Å². The molecule has 0 fully saturated rings. The zero-order chi connectivity index (χ0) is 22.4. The molecule has 0 aliphatic carbocycles. The van der Waals surface area contributed by atoms with Crippen molar-refractivity contribution in [3.63, 3.8) is 0 Å². The fraction of sp³-hybridized carbons (Fsp3) is 0.0909. The van der Waals surface area contributed by atoms with Crippen molar-refractivity contribution >= 4 is 35.0 Å². The Bertz CT molecular complexity index is 1090. The molecule has 0 aliphatic rings. The number of hydrogen-bond donors (Lipinski definition) is 2. The summed E-state index contributed by atoms with van der Waals surface area (Å²) in [7, 11) is 0. The monoisotopic (exact) mass is 448 g/mol. The van der Waals surface area contributed by atoms with Gasteiger partial charge in [-0.15, -0.1) is 11.8 Å². The second-order valence-electron chi connectivity index (χ2n) is 6.40. The molecule has 0 radical (unpaired) electrons. The smallest absolute Gasteiger partial charge is 0.325 e. The Labute approximate surface area is 179 Å². The summed E-state index contributed by atoms with van der Waals surface area (Å²) >= 11 is 1.16. The third-order valence-electron chi connectivity index (χ3n) is 4.04. The molecule has 0 saturated heterocycles. The average molecular weight is 448 g/mol. The molecule has 3 aromatic rings. The second-order valence-corrected chi connectivity index (χ2v) is 7.45. The van der Waals surface area contributed by atoms with Gasteiger partial charge in [0.25, 0.3) is 5.91 Å². The van der Waals surface area contributed by atoms with E-state index in [9.17, 15) is 27.2 Å². The normalized spacial score (nSPS) is 11.1. The van der Waals surface area contributed by atoms with Crippen LogP contribution in [0.1, 0.15) is 15.9 Å². The van der Waals surface area contributed by atoms with E-state index in [1.807, 2.05) is 0 Å². The van der Waals surface area contributed by atoms with E-state index >= 15 is 0 Å². The van der Waals surface area contributed by atoms with Gasteiger partial charge in [-0.2, -0.15) is 13.2 Å². The maximum Gasteiger partial charge on any atom is 0.416 e. The Morgan fingerprint density at radius 1 is 0.839 bits per heavy atom. The van der Waals surface area contributed by atoms with Crippen LogP contribution in [0.25, 0.3) is 0 Å². The molecule has 0 aromatic heterocycles. The van der Waals surface area contributed by atoms with E-state index in [-0.39, 0.29) is 11.4 Å². The summed E-state index contributed by atoms with van der Waals surface area (Å²) in [6.45, 7) is 0. The van der Waals surface area contributed by atoms with E-state index in [1.54, 1.807) is 24.3 Å². The fourth-order valence-electron chi connectivity index (χ4n) is 2.59. The molecule has 0 saturated carbocycles. The van der Waals surface area contributed by atoms with Crippen molar-refractivity contribution < 1.29 is 27.2 Å². The number of amides is 2. The number of halogens is 4. The zero-order valence-electron chi connectivity index (χ0n) is 15.9. The molecular formula is C22H16F4N2O2S. The third-order valence-corrected chi connectivity index (χ3v) is 5.04. The molecule has 3 aromatic carbocycles. The predicted octanol–water partition coefficient (Wildman–Crippen LogP) is 5.83. The first-order chi connectivity index (χ1) is 14.7. The van der Waals surface area contributed by atoms with Gasteiger partial charge in [0.1, 0.15) is 5.82 Å². The Balaban J connectivity index is 1.57. The SMILES string of the molecule is O=C(CSc1cccc(NC(=O)c2ccc(F)cc2)c1)Nc1cccc(C(F)(F)F)c1. The quantitative estimate of drug-likeness (QED) is 0.369. The minimum absolute atomic E-state index is 0.0361. The fourth-order valence-corrected chi connectivity index (χ4v) is 3.34. The van der Waals surface area contributed by atoms with Crippen LogP contribution >= 0.6 is 11.8 Å². The summed E-state index contributed by atoms with van der Waals surface area (Å²) in [5.74, 6) is -1.36. The number of thioether (sulfide) groups is 1. The Kier molecular flexibility index (Phi) is 6.96. The predicted molar refractivity (Wildman–Crippen MR) is 112 cm³/mol. The van der Waals surface area contributed by atoms with E-state index in [2.05, 4.69) is 10.6 Å². The largest absolute Gasteiger partial charge is 0.416 e. The highest BCUT2D eigenvalue weighted by Gasteiger charge is 2.30. The van der Waals surface area contributed by atoms with Crippen molar-refractivity contribution in [2.24, 2.45) is 0 Å². The summed E-state index contributed by atoms with van der Waals surface area (Å²) in [6, 6.07) is 16.2. The molecular weight excluding hydrogens is 432 g/mol. The lowest BCUT2D eigenvalue weighted by Crippen LogP contribution is -2.15. The van der Waals surface area contributed by atoms with Crippen molar-refractivity contribution in [2.45, 2.75) is 11.1 Å². The summed E-state index contributed by atoms with van der Waals surface area (Å²) in [4.78, 5) is 25.0. The first-order valence-corrected chi connectivity index (χ1v) is 9.96. The Hall–Kier alpha value is -3.33. The highest BCUT2D eigenvalue weighted by molar-refractivity contribution is 8.00. The first kappa shape index (κ1) is 22.4. The molecule has 0 atom stereocenters. The van der Waals surface area contributed by atoms with Crippen LogP contribution in [0.3, 0.4) is 0 Å². The van der Waals surface area contributed by atoms with Crippen LogP contribution in [-0.2, 0) is 11.0 Å². The van der Waals surface area contributed by atoms with Crippen LogP contribution in [0.2, 0.25) is 0 Å². The maximum atomic E-state index is 13.0. The number of alkyl halides is 3. The van der Waals surface area contributed by atoms with Crippen LogP contribution in [0.15, 0.2) is 77.7 Å². The van der Waals surface area contributed by atoms with Crippen LogP contribution in [0, 0.1) is 5.82 Å². The standard InChI is InChI=1S/C22H16F4N2O2S/c23-16-9-7-14(8-10-16)21(30)28-18-5-2-6-19(12-18)31-13-20(29)27-17-4-1-3-15(11-17)22(24,25)26/h1-12H,13H2,(H,27,29)(H,28,30). The van der Waals surface area contributed by atoms with Gasteiger partial charge in [0.05, 0.1) is 11.3 Å². The molecule has 3 rings (SSSR count). The van der Waals surface area contributed by atoms with E-state index in [1.165, 1.54) is 36.4 Å². The summed E-state index contributed by atoms with van der Waals surface area (Å²) in [5, 5.41) is 5.12. The third kappa shape index (κ3) is 6.58. The van der Waals surface area contributed by atoms with Gasteiger partial charge in [0.15, 0.2) is 0 Å². The van der Waals surface area contributed by atoms with Crippen molar-refractivity contribution in [2.75, 3.05) is 16.4 Å². The maximum absolute atomic E-state index is 13.0.